The first-order chi connectivity index (χ1) is 3.84. The number of rotatable bonds is 2. The summed E-state index contributed by atoms with van der Waals surface area (Å²) in [6, 6.07) is 0. The van der Waals surface area contributed by atoms with Gasteiger partial charge >= 0.3 is 0 Å². The predicted octanol–water partition coefficient (Wildman–Crippen LogP) is 1.60. The topological polar surface area (TPSA) is 3.24 Å². The van der Waals surface area contributed by atoms with Crippen LogP contribution < -0.4 is 0 Å². The molecule has 1 nitrogen and oxygen atoms in total. The molecule has 0 N–H and O–H groups in total. The van der Waals surface area contributed by atoms with E-state index in [2.05, 4.69) is 27.4 Å². The second kappa shape index (κ2) is 2.53. The molecule has 0 aromatic heterocycles. The minimum Gasteiger partial charge on any atom is -0.374 e. The molecule has 1 aliphatic rings. The Bertz CT molecular complexity index is 96.7. The number of alkyl halides is 1. The highest BCUT2D eigenvalue weighted by Gasteiger charge is 2.13. The van der Waals surface area contributed by atoms with E-state index in [0.717, 1.165) is 5.33 Å². The third-order valence-electron chi connectivity index (χ3n) is 1.46. The average molecular weight is 176 g/mol. The van der Waals surface area contributed by atoms with Gasteiger partial charge in [-0.2, -0.15) is 0 Å². The molecule has 0 aromatic rings. The molecule has 0 atom stereocenters. The molecule has 0 amide bonds. The fourth-order valence-electron chi connectivity index (χ4n) is 0.717. The molecule has 0 bridgehead atoms. The molecule has 0 saturated carbocycles. The molecular weight excluding hydrogens is 166 g/mol. The van der Waals surface area contributed by atoms with Crippen LogP contribution in [0, 0.1) is 0 Å². The number of allylic oxidation sites excluding steroid dienone is 1. The lowest BCUT2D eigenvalue weighted by Crippen LogP contribution is -2.36. The Balaban J connectivity index is 2.24. The van der Waals surface area contributed by atoms with Gasteiger partial charge in [0.1, 0.15) is 0 Å². The van der Waals surface area contributed by atoms with Crippen molar-refractivity contribution in [2.24, 2.45) is 0 Å². The Hall–Kier alpha value is 0.0200. The van der Waals surface area contributed by atoms with Gasteiger partial charge in [0.05, 0.1) is 0 Å². The van der Waals surface area contributed by atoms with Gasteiger partial charge in [0, 0.05) is 24.1 Å². The van der Waals surface area contributed by atoms with Crippen LogP contribution in [0.4, 0.5) is 0 Å². The summed E-state index contributed by atoms with van der Waals surface area (Å²) >= 11 is 3.35. The first kappa shape index (κ1) is 6.14. The van der Waals surface area contributed by atoms with E-state index in [-0.39, 0.29) is 0 Å². The van der Waals surface area contributed by atoms with Gasteiger partial charge in [0.2, 0.25) is 0 Å². The quantitative estimate of drug-likeness (QED) is 0.577. The van der Waals surface area contributed by atoms with E-state index in [9.17, 15) is 0 Å². The Morgan fingerprint density at radius 2 is 2.25 bits per heavy atom. The van der Waals surface area contributed by atoms with Crippen LogP contribution in [0.5, 0.6) is 0 Å². The van der Waals surface area contributed by atoms with Crippen LogP contribution in [-0.2, 0) is 0 Å². The van der Waals surface area contributed by atoms with Crippen LogP contribution in [0.2, 0.25) is 0 Å². The zero-order valence-electron chi connectivity index (χ0n) is 4.86. The number of likely N-dealkylation sites (tertiary alicyclic amines) is 1. The number of hydrogen-bond acceptors (Lipinski definition) is 1. The van der Waals surface area contributed by atoms with Crippen molar-refractivity contribution in [2.45, 2.75) is 6.42 Å². The van der Waals surface area contributed by atoms with E-state index < -0.39 is 0 Å². The molecule has 1 aliphatic heterocycles. The molecule has 0 spiro atoms. The molecule has 1 fully saturated rings. The van der Waals surface area contributed by atoms with Crippen molar-refractivity contribution in [1.29, 1.82) is 0 Å². The van der Waals surface area contributed by atoms with Gasteiger partial charge in [-0.1, -0.05) is 22.5 Å². The highest BCUT2D eigenvalue weighted by Crippen LogP contribution is 2.13. The molecule has 0 aromatic carbocycles. The van der Waals surface area contributed by atoms with E-state index in [1.54, 1.807) is 0 Å². The lowest BCUT2D eigenvalue weighted by Gasteiger charge is -2.33. The second-order valence-electron chi connectivity index (χ2n) is 2.04. The maximum Gasteiger partial charge on any atom is 0.0427 e. The second-order valence-corrected chi connectivity index (χ2v) is 2.60. The smallest absolute Gasteiger partial charge is 0.0427 e. The van der Waals surface area contributed by atoms with Crippen LogP contribution in [0.15, 0.2) is 12.3 Å². The fourth-order valence-corrected chi connectivity index (χ4v) is 1.07. The van der Waals surface area contributed by atoms with E-state index in [0.29, 0.717) is 0 Å². The van der Waals surface area contributed by atoms with Crippen molar-refractivity contribution in [2.75, 3.05) is 18.4 Å². The minimum absolute atomic E-state index is 0.924. The molecule has 1 saturated heterocycles. The van der Waals surface area contributed by atoms with Crippen molar-refractivity contribution < 1.29 is 0 Å². The van der Waals surface area contributed by atoms with E-state index in [4.69, 9.17) is 0 Å². The third kappa shape index (κ3) is 1.05. The van der Waals surface area contributed by atoms with E-state index >= 15 is 0 Å². The minimum atomic E-state index is 0.924. The van der Waals surface area contributed by atoms with E-state index in [1.807, 2.05) is 0 Å². The molecule has 0 aliphatic carbocycles. The van der Waals surface area contributed by atoms with Crippen LogP contribution in [0.1, 0.15) is 6.42 Å². The Kier molecular flexibility index (Phi) is 1.95. The molecule has 1 rings (SSSR count). The van der Waals surface area contributed by atoms with Gasteiger partial charge in [-0.15, -0.1) is 0 Å². The van der Waals surface area contributed by atoms with Gasteiger partial charge in [-0.25, -0.2) is 0 Å². The fraction of sp³-hybridized carbons (Fsp3) is 0.667. The number of nitrogens with zero attached hydrogens (tertiary/aromatic N) is 1. The molecular formula is C6H10BrN. The summed E-state index contributed by atoms with van der Waals surface area (Å²) in [6.45, 7) is 6.30. The van der Waals surface area contributed by atoms with Crippen LogP contribution >= 0.6 is 15.9 Å². The van der Waals surface area contributed by atoms with Gasteiger partial charge in [-0.05, 0) is 6.42 Å². The monoisotopic (exact) mass is 175 g/mol. The Morgan fingerprint density at radius 3 is 2.38 bits per heavy atom. The first-order valence-electron chi connectivity index (χ1n) is 2.83. The lowest BCUT2D eigenvalue weighted by atomic mass is 10.2. The van der Waals surface area contributed by atoms with Gasteiger partial charge in [0.25, 0.3) is 0 Å². The van der Waals surface area contributed by atoms with Gasteiger partial charge in [-0.3, -0.25) is 0 Å². The summed E-state index contributed by atoms with van der Waals surface area (Å²) in [5.74, 6) is 0. The van der Waals surface area contributed by atoms with Crippen molar-refractivity contribution in [3.05, 3.63) is 12.3 Å². The Labute approximate surface area is 58.5 Å². The van der Waals surface area contributed by atoms with Crippen molar-refractivity contribution in [3.8, 4) is 0 Å². The first-order valence-corrected chi connectivity index (χ1v) is 3.95. The average Bonchev–Trinajstić information content (AvgIpc) is 1.62. The molecule has 1 heterocycles. The summed E-state index contributed by atoms with van der Waals surface area (Å²) in [5, 5.41) is 0.924. The normalized spacial score (nSPS) is 17.9. The molecule has 0 radical (unpaired) electrons. The van der Waals surface area contributed by atoms with Crippen molar-refractivity contribution >= 4 is 15.9 Å². The zero-order chi connectivity index (χ0) is 5.98. The summed E-state index contributed by atoms with van der Waals surface area (Å²) in [6.07, 6.45) is 1.34. The van der Waals surface area contributed by atoms with Crippen LogP contribution in [-0.4, -0.2) is 23.3 Å². The maximum absolute atomic E-state index is 3.87. The lowest BCUT2D eigenvalue weighted by molar-refractivity contribution is 0.242. The molecule has 8 heavy (non-hydrogen) atoms. The Morgan fingerprint density at radius 1 is 1.62 bits per heavy atom. The van der Waals surface area contributed by atoms with E-state index in [1.165, 1.54) is 25.2 Å². The zero-order valence-corrected chi connectivity index (χ0v) is 6.45. The van der Waals surface area contributed by atoms with Crippen molar-refractivity contribution in [1.82, 2.24) is 4.90 Å². The maximum atomic E-state index is 3.87. The highest BCUT2D eigenvalue weighted by molar-refractivity contribution is 9.09. The summed E-state index contributed by atoms with van der Waals surface area (Å²) in [7, 11) is 0. The predicted molar refractivity (Wildman–Crippen MR) is 39.1 cm³/mol. The van der Waals surface area contributed by atoms with Crippen LogP contribution in [0.25, 0.3) is 0 Å². The molecule has 0 unspecified atom stereocenters. The summed E-state index contributed by atoms with van der Waals surface area (Å²) in [5.41, 5.74) is 1.22. The standard InChI is InChI=1S/C6H10BrN/c1-6(5-7)8-3-2-4-8/h1-5H2. The molecule has 2 heteroatoms. The van der Waals surface area contributed by atoms with Crippen molar-refractivity contribution in [3.63, 3.8) is 0 Å². The third-order valence-corrected chi connectivity index (χ3v) is 2.10. The highest BCUT2D eigenvalue weighted by atomic mass is 79.9. The van der Waals surface area contributed by atoms with Gasteiger partial charge in [0.15, 0.2) is 0 Å². The van der Waals surface area contributed by atoms with Crippen LogP contribution in [0.3, 0.4) is 0 Å². The molecule has 46 valence electrons. The number of halogens is 1. The largest absolute Gasteiger partial charge is 0.374 e. The number of hydrogen-bond donors (Lipinski definition) is 0. The SMILES string of the molecule is C=C(CBr)N1CCC1. The van der Waals surface area contributed by atoms with Gasteiger partial charge < -0.3 is 4.90 Å². The summed E-state index contributed by atoms with van der Waals surface area (Å²) in [4.78, 5) is 2.29. The summed E-state index contributed by atoms with van der Waals surface area (Å²) < 4.78 is 0.